The van der Waals surface area contributed by atoms with E-state index >= 15 is 0 Å². The summed E-state index contributed by atoms with van der Waals surface area (Å²) in [6, 6.07) is 11.8. The van der Waals surface area contributed by atoms with Gasteiger partial charge in [-0.05, 0) is 37.5 Å². The van der Waals surface area contributed by atoms with Crippen molar-refractivity contribution in [3.05, 3.63) is 97.6 Å². The number of halogens is 1. The number of carbonyl (C=O) groups excluding carboxylic acids is 1. The van der Waals surface area contributed by atoms with Crippen LogP contribution in [-0.4, -0.2) is 22.0 Å². The molecule has 2 aromatic carbocycles. The van der Waals surface area contributed by atoms with Crippen LogP contribution in [0.2, 0.25) is 0 Å². The lowest BCUT2D eigenvalue weighted by molar-refractivity contribution is 0.0982. The molecule has 0 atom stereocenters. The average molecular weight is 393 g/mol. The maximum atomic E-state index is 14.0. The molecule has 3 aromatic rings. The van der Waals surface area contributed by atoms with Gasteiger partial charge in [-0.15, -0.1) is 0 Å². The number of H-pyrrole nitrogens is 1. The first-order chi connectivity index (χ1) is 14.0. The Morgan fingerprint density at radius 1 is 1.17 bits per heavy atom. The summed E-state index contributed by atoms with van der Waals surface area (Å²) in [5, 5.41) is 0. The van der Waals surface area contributed by atoms with Crippen LogP contribution in [0.1, 0.15) is 33.5 Å². The van der Waals surface area contributed by atoms with Crippen molar-refractivity contribution in [1.29, 1.82) is 0 Å². The van der Waals surface area contributed by atoms with Gasteiger partial charge in [0.05, 0.1) is 6.54 Å². The second-order valence-corrected chi connectivity index (χ2v) is 7.18. The Morgan fingerprint density at radius 3 is 2.76 bits per heavy atom. The Morgan fingerprint density at radius 2 is 1.97 bits per heavy atom. The summed E-state index contributed by atoms with van der Waals surface area (Å²) < 4.78 is 14.8. The van der Waals surface area contributed by atoms with Crippen LogP contribution in [0, 0.1) is 12.7 Å². The number of hydrogen-bond acceptors (Lipinski definition) is 3. The molecule has 0 radical (unpaired) electrons. The van der Waals surface area contributed by atoms with E-state index in [4.69, 9.17) is 0 Å². The molecule has 7 heteroatoms. The minimum atomic E-state index is -0.735. The number of aromatic amines is 1. The van der Waals surface area contributed by atoms with Gasteiger partial charge in [-0.3, -0.25) is 14.2 Å². The highest BCUT2D eigenvalue weighted by Gasteiger charge is 2.26. The van der Waals surface area contributed by atoms with Gasteiger partial charge in [0, 0.05) is 24.0 Å². The third kappa shape index (κ3) is 3.51. The standard InChI is InChI=1S/C22H20FN3O3/c1-14-8-9-19-15(11-14)6-4-10-25(19)20(27)17-12-24-22(29)26(21(17)28)13-16-5-2-3-7-18(16)23/h2-3,5,7-9,11-12H,4,6,10,13H2,1H3,(H,24,29). The highest BCUT2D eigenvalue weighted by Crippen LogP contribution is 2.28. The SMILES string of the molecule is Cc1ccc2c(c1)CCCN2C(=O)c1c[nH]c(=O)n(Cc2ccccc2F)c1=O. The molecule has 0 saturated heterocycles. The van der Waals surface area contributed by atoms with Crippen LogP contribution >= 0.6 is 0 Å². The van der Waals surface area contributed by atoms with Gasteiger partial charge in [0.2, 0.25) is 0 Å². The van der Waals surface area contributed by atoms with Gasteiger partial charge in [-0.1, -0.05) is 35.9 Å². The van der Waals surface area contributed by atoms with E-state index in [1.165, 1.54) is 18.2 Å². The van der Waals surface area contributed by atoms with Crippen LogP contribution in [0.5, 0.6) is 0 Å². The fourth-order valence-electron chi connectivity index (χ4n) is 3.69. The van der Waals surface area contributed by atoms with Crippen LogP contribution in [0.25, 0.3) is 0 Å². The van der Waals surface area contributed by atoms with Crippen LogP contribution in [0.15, 0.2) is 58.3 Å². The molecule has 6 nitrogen and oxygen atoms in total. The molecule has 1 aliphatic heterocycles. The van der Waals surface area contributed by atoms with Gasteiger partial charge in [-0.25, -0.2) is 9.18 Å². The Bertz CT molecular complexity index is 1210. The van der Waals surface area contributed by atoms with E-state index < -0.39 is 23.0 Å². The first-order valence-corrected chi connectivity index (χ1v) is 9.43. The molecule has 4 rings (SSSR count). The summed E-state index contributed by atoms with van der Waals surface area (Å²) in [6.07, 6.45) is 2.80. The number of benzene rings is 2. The van der Waals surface area contributed by atoms with Crippen LogP contribution in [0.3, 0.4) is 0 Å². The lowest BCUT2D eigenvalue weighted by Crippen LogP contribution is -2.43. The molecule has 1 aliphatic rings. The highest BCUT2D eigenvalue weighted by atomic mass is 19.1. The molecule has 0 aliphatic carbocycles. The summed E-state index contributed by atoms with van der Waals surface area (Å²) in [4.78, 5) is 42.3. The molecule has 148 valence electrons. The van der Waals surface area contributed by atoms with E-state index in [1.54, 1.807) is 11.0 Å². The van der Waals surface area contributed by atoms with Gasteiger partial charge in [0.25, 0.3) is 11.5 Å². The molecule has 0 fully saturated rings. The summed E-state index contributed by atoms with van der Waals surface area (Å²) in [7, 11) is 0. The largest absolute Gasteiger partial charge is 0.328 e. The lowest BCUT2D eigenvalue weighted by Gasteiger charge is -2.29. The summed E-state index contributed by atoms with van der Waals surface area (Å²) in [6.45, 7) is 2.23. The smallest absolute Gasteiger partial charge is 0.313 e. The topological polar surface area (TPSA) is 75.2 Å². The van der Waals surface area contributed by atoms with Crippen molar-refractivity contribution >= 4 is 11.6 Å². The highest BCUT2D eigenvalue weighted by molar-refractivity contribution is 6.06. The molecule has 0 saturated carbocycles. The third-order valence-corrected chi connectivity index (χ3v) is 5.18. The van der Waals surface area contributed by atoms with Crippen molar-refractivity contribution in [2.75, 3.05) is 11.4 Å². The van der Waals surface area contributed by atoms with Crippen molar-refractivity contribution in [3.8, 4) is 0 Å². The van der Waals surface area contributed by atoms with Crippen molar-refractivity contribution in [3.63, 3.8) is 0 Å². The van der Waals surface area contributed by atoms with Gasteiger partial charge >= 0.3 is 5.69 Å². The van der Waals surface area contributed by atoms with E-state index in [0.29, 0.717) is 6.54 Å². The average Bonchev–Trinajstić information content (AvgIpc) is 2.71. The molecule has 29 heavy (non-hydrogen) atoms. The minimum absolute atomic E-state index is 0.144. The molecule has 0 spiro atoms. The fraction of sp³-hybridized carbons (Fsp3) is 0.227. The molecule has 1 aromatic heterocycles. The van der Waals surface area contributed by atoms with Crippen LogP contribution in [0.4, 0.5) is 10.1 Å². The second kappa shape index (κ2) is 7.50. The molecule has 1 N–H and O–H groups in total. The van der Waals surface area contributed by atoms with E-state index in [1.807, 2.05) is 25.1 Å². The predicted octanol–water partition coefficient (Wildman–Crippen LogP) is 2.63. The Balaban J connectivity index is 1.74. The monoisotopic (exact) mass is 393 g/mol. The number of aromatic nitrogens is 2. The van der Waals surface area contributed by atoms with Gasteiger partial charge in [0.15, 0.2) is 0 Å². The number of aryl methyl sites for hydroxylation is 2. The van der Waals surface area contributed by atoms with Crippen molar-refractivity contribution < 1.29 is 9.18 Å². The van der Waals surface area contributed by atoms with Gasteiger partial charge < -0.3 is 9.88 Å². The molecule has 1 amide bonds. The number of hydrogen-bond donors (Lipinski definition) is 1. The van der Waals surface area contributed by atoms with Crippen molar-refractivity contribution in [2.24, 2.45) is 0 Å². The predicted molar refractivity (Wildman–Crippen MR) is 108 cm³/mol. The fourth-order valence-corrected chi connectivity index (χ4v) is 3.69. The summed E-state index contributed by atoms with van der Waals surface area (Å²) in [5.74, 6) is -0.991. The Kier molecular flexibility index (Phi) is 4.88. The maximum Gasteiger partial charge on any atom is 0.328 e. The number of amides is 1. The van der Waals surface area contributed by atoms with E-state index in [-0.39, 0.29) is 17.7 Å². The number of fused-ring (bicyclic) bond motifs is 1. The van der Waals surface area contributed by atoms with Crippen molar-refractivity contribution in [1.82, 2.24) is 9.55 Å². The zero-order valence-corrected chi connectivity index (χ0v) is 15.9. The number of anilines is 1. The molecule has 0 unspecified atom stereocenters. The number of nitrogens with one attached hydrogen (secondary N) is 1. The zero-order valence-electron chi connectivity index (χ0n) is 15.9. The second-order valence-electron chi connectivity index (χ2n) is 7.18. The van der Waals surface area contributed by atoms with Crippen molar-refractivity contribution in [2.45, 2.75) is 26.3 Å². The molecule has 0 bridgehead atoms. The number of rotatable bonds is 3. The maximum absolute atomic E-state index is 14.0. The zero-order chi connectivity index (χ0) is 20.5. The normalized spacial score (nSPS) is 13.2. The summed E-state index contributed by atoms with van der Waals surface area (Å²) in [5.41, 5.74) is 1.57. The first-order valence-electron chi connectivity index (χ1n) is 9.43. The number of carbonyl (C=O) groups is 1. The number of nitrogens with zero attached hydrogens (tertiary/aromatic N) is 2. The lowest BCUT2D eigenvalue weighted by atomic mass is 9.99. The van der Waals surface area contributed by atoms with Crippen LogP contribution < -0.4 is 16.1 Å². The Hall–Kier alpha value is -3.48. The first kappa shape index (κ1) is 18.9. The Labute approximate surface area is 166 Å². The molecular weight excluding hydrogens is 373 g/mol. The van der Waals surface area contributed by atoms with E-state index in [9.17, 15) is 18.8 Å². The third-order valence-electron chi connectivity index (χ3n) is 5.18. The van der Waals surface area contributed by atoms with Gasteiger partial charge in [0.1, 0.15) is 11.4 Å². The van der Waals surface area contributed by atoms with E-state index in [0.717, 1.165) is 40.4 Å². The summed E-state index contributed by atoms with van der Waals surface area (Å²) >= 11 is 0. The van der Waals surface area contributed by atoms with Crippen LogP contribution in [-0.2, 0) is 13.0 Å². The van der Waals surface area contributed by atoms with E-state index in [2.05, 4.69) is 4.98 Å². The molecule has 2 heterocycles. The quantitative estimate of drug-likeness (QED) is 0.743. The minimum Gasteiger partial charge on any atom is -0.313 e. The van der Waals surface area contributed by atoms with Gasteiger partial charge in [-0.2, -0.15) is 0 Å². The molecular formula is C22H20FN3O3.